The molecule has 1 aromatic heterocycles. The second kappa shape index (κ2) is 6.15. The zero-order valence-corrected chi connectivity index (χ0v) is 12.8. The molecule has 22 heavy (non-hydrogen) atoms. The van der Waals surface area contributed by atoms with Crippen LogP contribution in [0.4, 0.5) is 4.79 Å². The fourth-order valence-corrected chi connectivity index (χ4v) is 1.84. The molecular formula is C15H19N3O4. The van der Waals surface area contributed by atoms with Crippen molar-refractivity contribution in [3.8, 4) is 17.1 Å². The van der Waals surface area contributed by atoms with E-state index in [1.54, 1.807) is 39.0 Å². The summed E-state index contributed by atoms with van der Waals surface area (Å²) in [4.78, 5) is 15.2. The number of amides is 1. The molecule has 0 fully saturated rings. The van der Waals surface area contributed by atoms with Gasteiger partial charge in [0.05, 0.1) is 5.60 Å². The lowest BCUT2D eigenvalue weighted by molar-refractivity contribution is 0.0689. The fourth-order valence-electron chi connectivity index (χ4n) is 1.84. The van der Waals surface area contributed by atoms with Crippen LogP contribution < -0.4 is 10.5 Å². The summed E-state index contributed by atoms with van der Waals surface area (Å²) in [7, 11) is 0. The standard InChI is InChI=1S/C15H19N3O4/c1-9-4-5-10(8-11(9)21-14(16)19)13-17-12(22-18-13)6-7-15(2,3)20/h4-5,8,20H,6-7H2,1-3H3,(H2,16,19). The third-order valence-electron chi connectivity index (χ3n) is 3.08. The van der Waals surface area contributed by atoms with Crippen molar-refractivity contribution in [2.75, 3.05) is 0 Å². The van der Waals surface area contributed by atoms with Crippen LogP contribution in [0.1, 0.15) is 31.7 Å². The van der Waals surface area contributed by atoms with Gasteiger partial charge in [-0.3, -0.25) is 0 Å². The first kappa shape index (κ1) is 16.0. The first-order chi connectivity index (χ1) is 10.2. The molecule has 2 rings (SSSR count). The van der Waals surface area contributed by atoms with Crippen LogP contribution >= 0.6 is 0 Å². The number of aliphatic hydroxyl groups is 1. The van der Waals surface area contributed by atoms with Gasteiger partial charge in [-0.25, -0.2) is 4.79 Å². The fraction of sp³-hybridized carbons (Fsp3) is 0.400. The second-order valence-corrected chi connectivity index (χ2v) is 5.73. The summed E-state index contributed by atoms with van der Waals surface area (Å²) in [5.74, 6) is 1.18. The molecule has 1 heterocycles. The highest BCUT2D eigenvalue weighted by Gasteiger charge is 2.16. The Hall–Kier alpha value is -2.41. The van der Waals surface area contributed by atoms with E-state index >= 15 is 0 Å². The first-order valence-corrected chi connectivity index (χ1v) is 6.88. The maximum absolute atomic E-state index is 10.9. The average Bonchev–Trinajstić information content (AvgIpc) is 2.86. The molecule has 118 valence electrons. The first-order valence-electron chi connectivity index (χ1n) is 6.88. The SMILES string of the molecule is Cc1ccc(-c2noc(CCC(C)(C)O)n2)cc1OC(N)=O. The van der Waals surface area contributed by atoms with Gasteiger partial charge in [0.2, 0.25) is 11.7 Å². The van der Waals surface area contributed by atoms with Gasteiger partial charge in [-0.05, 0) is 38.8 Å². The van der Waals surface area contributed by atoms with Crippen LogP contribution in [0.3, 0.4) is 0 Å². The summed E-state index contributed by atoms with van der Waals surface area (Å²) in [5.41, 5.74) is 5.67. The van der Waals surface area contributed by atoms with Gasteiger partial charge in [0.1, 0.15) is 5.75 Å². The number of primary amides is 1. The molecular weight excluding hydrogens is 286 g/mol. The van der Waals surface area contributed by atoms with Gasteiger partial charge >= 0.3 is 6.09 Å². The highest BCUT2D eigenvalue weighted by Crippen LogP contribution is 2.25. The van der Waals surface area contributed by atoms with Crippen LogP contribution in [0.5, 0.6) is 5.75 Å². The van der Waals surface area contributed by atoms with E-state index in [1.807, 2.05) is 0 Å². The Morgan fingerprint density at radius 1 is 1.45 bits per heavy atom. The predicted molar refractivity (Wildman–Crippen MR) is 79.3 cm³/mol. The number of carbonyl (C=O) groups excluding carboxylic acids is 1. The van der Waals surface area contributed by atoms with Gasteiger partial charge in [-0.1, -0.05) is 17.3 Å². The molecule has 0 atom stereocenters. The summed E-state index contributed by atoms with van der Waals surface area (Å²) < 4.78 is 10.1. The highest BCUT2D eigenvalue weighted by atomic mass is 16.5. The number of nitrogens with zero attached hydrogens (tertiary/aromatic N) is 2. The van der Waals surface area contributed by atoms with E-state index in [-0.39, 0.29) is 0 Å². The molecule has 7 heteroatoms. The van der Waals surface area contributed by atoms with Crippen molar-refractivity contribution < 1.29 is 19.2 Å². The Morgan fingerprint density at radius 3 is 2.82 bits per heavy atom. The van der Waals surface area contributed by atoms with Crippen molar-refractivity contribution in [1.82, 2.24) is 10.1 Å². The number of nitrogens with two attached hydrogens (primary N) is 1. The minimum atomic E-state index is -0.876. The molecule has 0 radical (unpaired) electrons. The number of hydrogen-bond donors (Lipinski definition) is 2. The Labute approximate surface area is 128 Å². The van der Waals surface area contributed by atoms with Crippen LogP contribution in [-0.2, 0) is 6.42 Å². The van der Waals surface area contributed by atoms with E-state index in [1.165, 1.54) is 0 Å². The average molecular weight is 305 g/mol. The number of aromatic nitrogens is 2. The number of benzene rings is 1. The number of aryl methyl sites for hydroxylation is 2. The second-order valence-electron chi connectivity index (χ2n) is 5.73. The Kier molecular flexibility index (Phi) is 4.46. The smallest absolute Gasteiger partial charge is 0.409 e. The van der Waals surface area contributed by atoms with Crippen molar-refractivity contribution in [2.24, 2.45) is 5.73 Å². The van der Waals surface area contributed by atoms with Gasteiger partial charge in [0.15, 0.2) is 0 Å². The van der Waals surface area contributed by atoms with E-state index in [2.05, 4.69) is 10.1 Å². The molecule has 2 aromatic rings. The zero-order chi connectivity index (χ0) is 16.3. The van der Waals surface area contributed by atoms with Crippen LogP contribution in [0.25, 0.3) is 11.4 Å². The van der Waals surface area contributed by atoms with E-state index in [9.17, 15) is 9.90 Å². The lowest BCUT2D eigenvalue weighted by Gasteiger charge is -2.14. The molecule has 1 amide bonds. The molecule has 0 saturated carbocycles. The van der Waals surface area contributed by atoms with Crippen LogP contribution in [0.2, 0.25) is 0 Å². The summed E-state index contributed by atoms with van der Waals surface area (Å²) in [5, 5.41) is 13.6. The molecule has 0 unspecified atom stereocenters. The third kappa shape index (κ3) is 4.29. The van der Waals surface area contributed by atoms with Crippen molar-refractivity contribution >= 4 is 6.09 Å². The molecule has 0 aliphatic heterocycles. The topological polar surface area (TPSA) is 111 Å². The number of carbonyl (C=O) groups is 1. The number of ether oxygens (including phenoxy) is 1. The Morgan fingerprint density at radius 2 is 2.18 bits per heavy atom. The minimum absolute atomic E-state index is 0.354. The van der Waals surface area contributed by atoms with Crippen molar-refractivity contribution in [2.45, 2.75) is 39.2 Å². The molecule has 3 N–H and O–H groups in total. The van der Waals surface area contributed by atoms with Crippen molar-refractivity contribution in [1.29, 1.82) is 0 Å². The molecule has 0 aliphatic rings. The summed E-state index contributed by atoms with van der Waals surface area (Å²) in [6, 6.07) is 5.21. The van der Waals surface area contributed by atoms with Gasteiger partial charge in [0, 0.05) is 12.0 Å². The zero-order valence-electron chi connectivity index (χ0n) is 12.8. The van der Waals surface area contributed by atoms with Gasteiger partial charge in [0.25, 0.3) is 0 Å². The largest absolute Gasteiger partial charge is 0.410 e. The molecule has 0 bridgehead atoms. The highest BCUT2D eigenvalue weighted by molar-refractivity contribution is 5.70. The van der Waals surface area contributed by atoms with Crippen molar-refractivity contribution in [3.63, 3.8) is 0 Å². The van der Waals surface area contributed by atoms with E-state index in [0.717, 1.165) is 5.56 Å². The lowest BCUT2D eigenvalue weighted by atomic mass is 10.0. The molecule has 0 aliphatic carbocycles. The van der Waals surface area contributed by atoms with Gasteiger partial charge < -0.3 is 20.1 Å². The molecule has 7 nitrogen and oxygen atoms in total. The van der Waals surface area contributed by atoms with E-state index in [0.29, 0.717) is 35.9 Å². The van der Waals surface area contributed by atoms with Gasteiger partial charge in [-0.15, -0.1) is 0 Å². The monoisotopic (exact) mass is 305 g/mol. The number of hydrogen-bond acceptors (Lipinski definition) is 6. The Balaban J connectivity index is 2.18. The van der Waals surface area contributed by atoms with E-state index in [4.69, 9.17) is 15.0 Å². The summed E-state index contributed by atoms with van der Waals surface area (Å²) >= 11 is 0. The number of rotatable bonds is 5. The third-order valence-corrected chi connectivity index (χ3v) is 3.08. The normalized spacial score (nSPS) is 11.5. The minimum Gasteiger partial charge on any atom is -0.410 e. The van der Waals surface area contributed by atoms with Crippen LogP contribution in [0.15, 0.2) is 22.7 Å². The van der Waals surface area contributed by atoms with Crippen LogP contribution in [0, 0.1) is 6.92 Å². The van der Waals surface area contributed by atoms with E-state index < -0.39 is 11.7 Å². The molecule has 0 spiro atoms. The Bertz CT molecular complexity index is 674. The van der Waals surface area contributed by atoms with Crippen molar-refractivity contribution in [3.05, 3.63) is 29.7 Å². The quantitative estimate of drug-likeness (QED) is 0.876. The maximum Gasteiger partial charge on any atom is 0.409 e. The predicted octanol–water partition coefficient (Wildman–Crippen LogP) is 2.21. The lowest BCUT2D eigenvalue weighted by Crippen LogP contribution is -2.19. The van der Waals surface area contributed by atoms with Crippen LogP contribution in [-0.4, -0.2) is 26.9 Å². The molecule has 0 saturated heterocycles. The van der Waals surface area contributed by atoms with Gasteiger partial charge in [-0.2, -0.15) is 4.98 Å². The summed E-state index contributed by atoms with van der Waals surface area (Å²) in [6.45, 7) is 5.24. The molecule has 1 aromatic carbocycles. The maximum atomic E-state index is 10.9. The summed E-state index contributed by atoms with van der Waals surface area (Å²) in [6.07, 6.45) is 0.116.